The van der Waals surface area contributed by atoms with Gasteiger partial charge in [0.25, 0.3) is 11.8 Å². The molecule has 2 aromatic rings. The van der Waals surface area contributed by atoms with Gasteiger partial charge in [-0.05, 0) is 35.8 Å². The van der Waals surface area contributed by atoms with Crippen molar-refractivity contribution in [2.24, 2.45) is 0 Å². The molecule has 6 nitrogen and oxygen atoms in total. The summed E-state index contributed by atoms with van der Waals surface area (Å²) < 4.78 is 5.27. The number of halogens is 1. The van der Waals surface area contributed by atoms with Gasteiger partial charge in [-0.15, -0.1) is 11.3 Å². The zero-order valence-corrected chi connectivity index (χ0v) is 14.1. The van der Waals surface area contributed by atoms with Crippen LogP contribution in [0.4, 0.5) is 0 Å². The van der Waals surface area contributed by atoms with Crippen LogP contribution in [0.15, 0.2) is 41.8 Å². The Bertz CT molecular complexity index is 707. The van der Waals surface area contributed by atoms with Gasteiger partial charge < -0.3 is 4.74 Å². The molecule has 0 atom stereocenters. The van der Waals surface area contributed by atoms with Crippen LogP contribution in [0.1, 0.15) is 9.67 Å². The van der Waals surface area contributed by atoms with E-state index in [1.165, 1.54) is 11.3 Å². The molecule has 0 spiro atoms. The SMILES string of the molecule is O=C(COc1ccccc1Cl)NC(=S)NNC(=O)c1cccs1. The van der Waals surface area contributed by atoms with Gasteiger partial charge in [-0.2, -0.15) is 0 Å². The molecule has 9 heteroatoms. The lowest BCUT2D eigenvalue weighted by atomic mass is 10.3. The van der Waals surface area contributed by atoms with Crippen molar-refractivity contribution < 1.29 is 14.3 Å². The third kappa shape index (κ3) is 5.51. The molecule has 0 fully saturated rings. The van der Waals surface area contributed by atoms with Crippen molar-refractivity contribution in [3.05, 3.63) is 51.7 Å². The zero-order valence-electron chi connectivity index (χ0n) is 11.7. The van der Waals surface area contributed by atoms with Crippen LogP contribution in [0, 0.1) is 0 Å². The molecular formula is C14H12ClN3O3S2. The van der Waals surface area contributed by atoms with Crippen molar-refractivity contribution in [1.29, 1.82) is 0 Å². The topological polar surface area (TPSA) is 79.5 Å². The van der Waals surface area contributed by atoms with E-state index in [4.69, 9.17) is 28.6 Å². The van der Waals surface area contributed by atoms with Crippen LogP contribution in [0.25, 0.3) is 0 Å². The van der Waals surface area contributed by atoms with Gasteiger partial charge in [-0.25, -0.2) is 0 Å². The van der Waals surface area contributed by atoms with Crippen molar-refractivity contribution in [2.45, 2.75) is 0 Å². The predicted octanol–water partition coefficient (Wildman–Crippen LogP) is 2.12. The maximum Gasteiger partial charge on any atom is 0.279 e. The smallest absolute Gasteiger partial charge is 0.279 e. The zero-order chi connectivity index (χ0) is 16.7. The van der Waals surface area contributed by atoms with Crippen LogP contribution in [-0.4, -0.2) is 23.5 Å². The van der Waals surface area contributed by atoms with Gasteiger partial charge in [0.15, 0.2) is 11.7 Å². The van der Waals surface area contributed by atoms with Gasteiger partial charge in [0.2, 0.25) is 0 Å². The molecular weight excluding hydrogens is 358 g/mol. The first-order chi connectivity index (χ1) is 11.1. The number of ether oxygens (including phenoxy) is 1. The Kier molecular flexibility index (Phi) is 6.33. The predicted molar refractivity (Wildman–Crippen MR) is 92.6 cm³/mol. The molecule has 23 heavy (non-hydrogen) atoms. The summed E-state index contributed by atoms with van der Waals surface area (Å²) in [5.74, 6) is -0.425. The van der Waals surface area contributed by atoms with Crippen molar-refractivity contribution >= 4 is 52.1 Å². The van der Waals surface area contributed by atoms with Gasteiger partial charge in [0, 0.05) is 0 Å². The molecule has 1 heterocycles. The van der Waals surface area contributed by atoms with Crippen molar-refractivity contribution in [2.75, 3.05) is 6.61 Å². The average Bonchev–Trinajstić information content (AvgIpc) is 3.06. The third-order valence-electron chi connectivity index (χ3n) is 2.48. The lowest BCUT2D eigenvalue weighted by molar-refractivity contribution is -0.121. The summed E-state index contributed by atoms with van der Waals surface area (Å²) in [5, 5.41) is 4.52. The number of nitrogens with one attached hydrogen (secondary N) is 3. The number of hydrogen-bond donors (Lipinski definition) is 3. The number of carbonyl (C=O) groups excluding carboxylic acids is 2. The monoisotopic (exact) mass is 369 g/mol. The third-order valence-corrected chi connectivity index (χ3v) is 3.87. The van der Waals surface area contributed by atoms with E-state index >= 15 is 0 Å². The minimum absolute atomic E-state index is 0.0392. The van der Waals surface area contributed by atoms with Crippen LogP contribution in [0.5, 0.6) is 5.75 Å². The van der Waals surface area contributed by atoms with Gasteiger partial charge in [-0.1, -0.05) is 29.8 Å². The highest BCUT2D eigenvalue weighted by Gasteiger charge is 2.09. The fraction of sp³-hybridized carbons (Fsp3) is 0.0714. The van der Waals surface area contributed by atoms with E-state index in [1.54, 1.807) is 41.8 Å². The Morgan fingerprint density at radius 2 is 1.96 bits per heavy atom. The summed E-state index contributed by atoms with van der Waals surface area (Å²) >= 11 is 12.1. The summed E-state index contributed by atoms with van der Waals surface area (Å²) in [4.78, 5) is 23.9. The van der Waals surface area contributed by atoms with Crippen LogP contribution < -0.4 is 20.9 Å². The van der Waals surface area contributed by atoms with E-state index in [1.807, 2.05) is 0 Å². The number of hydrogen-bond acceptors (Lipinski definition) is 5. The second kappa shape index (κ2) is 8.47. The molecule has 3 N–H and O–H groups in total. The summed E-state index contributed by atoms with van der Waals surface area (Å²) in [5.41, 5.74) is 4.81. The standard InChI is InChI=1S/C14H12ClN3O3S2/c15-9-4-1-2-5-10(9)21-8-12(19)16-14(22)18-17-13(20)11-6-3-7-23-11/h1-7H,8H2,(H,17,20)(H2,16,18,19,22). The average molecular weight is 370 g/mol. The first-order valence-corrected chi connectivity index (χ1v) is 8.04. The fourth-order valence-corrected chi connectivity index (χ4v) is 2.46. The fourth-order valence-electron chi connectivity index (χ4n) is 1.48. The number of thiocarbonyl (C=S) groups is 1. The van der Waals surface area contributed by atoms with Gasteiger partial charge in [-0.3, -0.25) is 25.8 Å². The number of hydrazine groups is 1. The maximum absolute atomic E-state index is 11.7. The van der Waals surface area contributed by atoms with Gasteiger partial charge in [0.1, 0.15) is 5.75 Å². The molecule has 0 saturated carbocycles. The quantitative estimate of drug-likeness (QED) is 0.568. The Morgan fingerprint density at radius 3 is 2.65 bits per heavy atom. The Balaban J connectivity index is 1.71. The largest absolute Gasteiger partial charge is 0.482 e. The van der Waals surface area contributed by atoms with Crippen LogP contribution >= 0.6 is 35.2 Å². The van der Waals surface area contributed by atoms with Gasteiger partial charge in [0.05, 0.1) is 9.90 Å². The number of rotatable bonds is 4. The van der Waals surface area contributed by atoms with E-state index < -0.39 is 5.91 Å². The summed E-state index contributed by atoms with van der Waals surface area (Å²) in [6.07, 6.45) is 0. The molecule has 1 aromatic carbocycles. The van der Waals surface area contributed by atoms with Crippen molar-refractivity contribution in [3.63, 3.8) is 0 Å². The maximum atomic E-state index is 11.7. The molecule has 2 amide bonds. The minimum atomic E-state index is -0.479. The molecule has 1 aromatic heterocycles. The molecule has 0 bridgehead atoms. The second-order valence-corrected chi connectivity index (χ2v) is 5.92. The molecule has 120 valence electrons. The highest BCUT2D eigenvalue weighted by molar-refractivity contribution is 7.80. The lowest BCUT2D eigenvalue weighted by Crippen LogP contribution is -2.49. The minimum Gasteiger partial charge on any atom is -0.482 e. The van der Waals surface area contributed by atoms with E-state index in [9.17, 15) is 9.59 Å². The molecule has 0 unspecified atom stereocenters. The van der Waals surface area contributed by atoms with E-state index in [-0.39, 0.29) is 17.6 Å². The first-order valence-electron chi connectivity index (χ1n) is 6.37. The number of benzene rings is 1. The molecule has 0 aliphatic heterocycles. The van der Waals surface area contributed by atoms with E-state index in [0.717, 1.165) is 0 Å². The Labute approximate surface area is 146 Å². The number of carbonyl (C=O) groups is 2. The van der Waals surface area contributed by atoms with E-state index in [2.05, 4.69) is 16.2 Å². The van der Waals surface area contributed by atoms with Crippen molar-refractivity contribution in [1.82, 2.24) is 16.2 Å². The van der Waals surface area contributed by atoms with Gasteiger partial charge >= 0.3 is 0 Å². The van der Waals surface area contributed by atoms with Crippen LogP contribution in [0.2, 0.25) is 5.02 Å². The second-order valence-electron chi connectivity index (χ2n) is 4.15. The molecule has 0 aliphatic rings. The highest BCUT2D eigenvalue weighted by atomic mass is 35.5. The summed E-state index contributed by atoms with van der Waals surface area (Å²) in [7, 11) is 0. The number of amides is 2. The van der Waals surface area contributed by atoms with Crippen molar-refractivity contribution in [3.8, 4) is 5.75 Å². The van der Waals surface area contributed by atoms with Crippen LogP contribution in [0.3, 0.4) is 0 Å². The molecule has 2 rings (SSSR count). The number of thiophene rings is 1. The highest BCUT2D eigenvalue weighted by Crippen LogP contribution is 2.22. The lowest BCUT2D eigenvalue weighted by Gasteiger charge is -2.11. The summed E-state index contributed by atoms with van der Waals surface area (Å²) in [6, 6.07) is 10.2. The van der Waals surface area contributed by atoms with E-state index in [0.29, 0.717) is 15.6 Å². The normalized spacial score (nSPS) is 9.78. The molecule has 0 radical (unpaired) electrons. The first kappa shape index (κ1) is 17.2. The van der Waals surface area contributed by atoms with Crippen LogP contribution in [-0.2, 0) is 4.79 Å². The molecule has 0 saturated heterocycles. The summed E-state index contributed by atoms with van der Waals surface area (Å²) in [6.45, 7) is -0.259. The molecule has 0 aliphatic carbocycles. The number of para-hydroxylation sites is 1. The Hall–Kier alpha value is -2.16. The Morgan fingerprint density at radius 1 is 1.17 bits per heavy atom.